The van der Waals surface area contributed by atoms with Crippen LogP contribution in [0, 0.1) is 5.82 Å². The Morgan fingerprint density at radius 2 is 2.11 bits per heavy atom. The van der Waals surface area contributed by atoms with Gasteiger partial charge in [-0.15, -0.1) is 0 Å². The van der Waals surface area contributed by atoms with Gasteiger partial charge in [0.25, 0.3) is 0 Å². The summed E-state index contributed by atoms with van der Waals surface area (Å²) in [5, 5.41) is 12.5. The fourth-order valence-electron chi connectivity index (χ4n) is 1.31. The summed E-state index contributed by atoms with van der Waals surface area (Å²) in [5.41, 5.74) is -0.124. The molecule has 0 aromatic heterocycles. The molecule has 1 aromatic rings. The van der Waals surface area contributed by atoms with Gasteiger partial charge in [0.15, 0.2) is 0 Å². The second kappa shape index (κ2) is 7.08. The monoisotopic (exact) mass is 255 g/mol. The highest BCUT2D eigenvalue weighted by Gasteiger charge is 2.14. The Balaban J connectivity index is 2.40. The highest BCUT2D eigenvalue weighted by atomic mass is 19.1. The van der Waals surface area contributed by atoms with Gasteiger partial charge in [-0.1, -0.05) is 26.0 Å². The normalized spacial score (nSPS) is 12.5. The van der Waals surface area contributed by atoms with E-state index < -0.39 is 17.9 Å². The number of aliphatic hydroxyl groups excluding tert-OH is 1. The Labute approximate surface area is 106 Å². The van der Waals surface area contributed by atoms with E-state index in [1.807, 2.05) is 13.8 Å². The van der Waals surface area contributed by atoms with Crippen LogP contribution in [0.3, 0.4) is 0 Å². The maximum Gasteiger partial charge on any atom is 0.341 e. The lowest BCUT2D eigenvalue weighted by Crippen LogP contribution is -2.35. The maximum atomic E-state index is 13.2. The van der Waals surface area contributed by atoms with E-state index in [-0.39, 0.29) is 18.2 Å². The summed E-state index contributed by atoms with van der Waals surface area (Å²) >= 11 is 0. The van der Waals surface area contributed by atoms with Crippen molar-refractivity contribution in [3.05, 3.63) is 35.6 Å². The van der Waals surface area contributed by atoms with E-state index in [1.165, 1.54) is 18.2 Å². The van der Waals surface area contributed by atoms with Crippen LogP contribution in [-0.4, -0.2) is 36.4 Å². The molecule has 0 radical (unpaired) electrons. The first kappa shape index (κ1) is 14.6. The van der Waals surface area contributed by atoms with E-state index >= 15 is 0 Å². The van der Waals surface area contributed by atoms with Gasteiger partial charge in [-0.2, -0.15) is 0 Å². The SMILES string of the molecule is CC(C)NC[C@H](O)COC(=O)c1ccccc1F. The van der Waals surface area contributed by atoms with Crippen molar-refractivity contribution in [3.8, 4) is 0 Å². The summed E-state index contributed by atoms with van der Waals surface area (Å²) in [4.78, 5) is 11.5. The van der Waals surface area contributed by atoms with Crippen LogP contribution in [0.1, 0.15) is 24.2 Å². The lowest BCUT2D eigenvalue weighted by atomic mass is 10.2. The van der Waals surface area contributed by atoms with Crippen molar-refractivity contribution in [2.75, 3.05) is 13.2 Å². The molecule has 0 amide bonds. The number of nitrogens with one attached hydrogen (secondary N) is 1. The third kappa shape index (κ3) is 4.81. The average Bonchev–Trinajstić information content (AvgIpc) is 2.34. The summed E-state index contributed by atoms with van der Waals surface area (Å²) in [6, 6.07) is 5.81. The summed E-state index contributed by atoms with van der Waals surface area (Å²) in [6.07, 6.45) is -0.803. The molecule has 1 aromatic carbocycles. The molecule has 0 unspecified atom stereocenters. The van der Waals surface area contributed by atoms with E-state index in [0.29, 0.717) is 6.54 Å². The standard InChI is InChI=1S/C13H18FNO3/c1-9(2)15-7-10(16)8-18-13(17)11-5-3-4-6-12(11)14/h3-6,9-10,15-16H,7-8H2,1-2H3/t10-/m0/s1. The Hall–Kier alpha value is -1.46. The summed E-state index contributed by atoms with van der Waals surface area (Å²) < 4.78 is 18.1. The van der Waals surface area contributed by atoms with Gasteiger partial charge < -0.3 is 15.2 Å². The zero-order valence-electron chi connectivity index (χ0n) is 10.5. The lowest BCUT2D eigenvalue weighted by Gasteiger charge is -2.14. The largest absolute Gasteiger partial charge is 0.459 e. The van der Waals surface area contributed by atoms with Crippen molar-refractivity contribution in [2.45, 2.75) is 26.0 Å². The van der Waals surface area contributed by atoms with Gasteiger partial charge in [0.2, 0.25) is 0 Å². The molecule has 1 rings (SSSR count). The third-order valence-electron chi connectivity index (χ3n) is 2.26. The van der Waals surface area contributed by atoms with Gasteiger partial charge in [-0.25, -0.2) is 9.18 Å². The predicted molar refractivity (Wildman–Crippen MR) is 65.8 cm³/mol. The van der Waals surface area contributed by atoms with E-state index in [9.17, 15) is 14.3 Å². The number of esters is 1. The van der Waals surface area contributed by atoms with E-state index in [1.54, 1.807) is 6.07 Å². The van der Waals surface area contributed by atoms with Crippen LogP contribution < -0.4 is 5.32 Å². The first-order valence-electron chi connectivity index (χ1n) is 5.83. The molecule has 100 valence electrons. The number of benzene rings is 1. The molecule has 0 spiro atoms. The van der Waals surface area contributed by atoms with Crippen molar-refractivity contribution in [1.82, 2.24) is 5.32 Å². The van der Waals surface area contributed by atoms with Crippen LogP contribution in [0.25, 0.3) is 0 Å². The zero-order valence-corrected chi connectivity index (χ0v) is 10.5. The van der Waals surface area contributed by atoms with Gasteiger partial charge in [-0.05, 0) is 12.1 Å². The summed E-state index contributed by atoms with van der Waals surface area (Å²) in [5.74, 6) is -1.39. The van der Waals surface area contributed by atoms with Gasteiger partial charge in [0.1, 0.15) is 18.5 Å². The predicted octanol–water partition coefficient (Wildman–Crippen LogP) is 1.34. The second-order valence-electron chi connectivity index (χ2n) is 4.30. The van der Waals surface area contributed by atoms with Crippen LogP contribution in [0.15, 0.2) is 24.3 Å². The zero-order chi connectivity index (χ0) is 13.5. The highest BCUT2D eigenvalue weighted by molar-refractivity contribution is 5.89. The lowest BCUT2D eigenvalue weighted by molar-refractivity contribution is 0.0251. The Morgan fingerprint density at radius 3 is 2.72 bits per heavy atom. The molecule has 0 heterocycles. The Bertz CT molecular complexity index is 396. The fraction of sp³-hybridized carbons (Fsp3) is 0.462. The minimum absolute atomic E-state index is 0.124. The van der Waals surface area contributed by atoms with Crippen molar-refractivity contribution in [1.29, 1.82) is 0 Å². The van der Waals surface area contributed by atoms with Crippen LogP contribution in [0.2, 0.25) is 0 Å². The number of ether oxygens (including phenoxy) is 1. The molecule has 0 fully saturated rings. The average molecular weight is 255 g/mol. The van der Waals surface area contributed by atoms with Crippen LogP contribution in [0.5, 0.6) is 0 Å². The van der Waals surface area contributed by atoms with Crippen LogP contribution in [-0.2, 0) is 4.74 Å². The number of carbonyl (C=O) groups excluding carboxylic acids is 1. The Morgan fingerprint density at radius 1 is 1.44 bits per heavy atom. The highest BCUT2D eigenvalue weighted by Crippen LogP contribution is 2.07. The quantitative estimate of drug-likeness (QED) is 0.753. The molecular weight excluding hydrogens is 237 g/mol. The molecule has 0 aliphatic heterocycles. The molecule has 18 heavy (non-hydrogen) atoms. The first-order valence-corrected chi connectivity index (χ1v) is 5.83. The van der Waals surface area contributed by atoms with E-state index in [4.69, 9.17) is 4.74 Å². The molecule has 0 saturated carbocycles. The number of hydrogen-bond donors (Lipinski definition) is 2. The Kier molecular flexibility index (Phi) is 5.74. The molecule has 5 heteroatoms. The van der Waals surface area contributed by atoms with Gasteiger partial charge >= 0.3 is 5.97 Å². The minimum atomic E-state index is -0.803. The number of aliphatic hydroxyl groups is 1. The van der Waals surface area contributed by atoms with Crippen molar-refractivity contribution >= 4 is 5.97 Å². The summed E-state index contributed by atoms with van der Waals surface area (Å²) in [6.45, 7) is 4.05. The molecule has 4 nitrogen and oxygen atoms in total. The van der Waals surface area contributed by atoms with Crippen LogP contribution in [0.4, 0.5) is 4.39 Å². The maximum absolute atomic E-state index is 13.2. The molecular formula is C13H18FNO3. The minimum Gasteiger partial charge on any atom is -0.459 e. The fourth-order valence-corrected chi connectivity index (χ4v) is 1.31. The third-order valence-corrected chi connectivity index (χ3v) is 2.26. The molecule has 2 N–H and O–H groups in total. The summed E-state index contributed by atoms with van der Waals surface area (Å²) in [7, 11) is 0. The number of rotatable bonds is 6. The molecule has 0 saturated heterocycles. The molecule has 0 aliphatic rings. The van der Waals surface area contributed by atoms with Crippen molar-refractivity contribution < 1.29 is 19.0 Å². The van der Waals surface area contributed by atoms with Gasteiger partial charge in [0, 0.05) is 12.6 Å². The number of hydrogen-bond acceptors (Lipinski definition) is 4. The molecule has 0 aliphatic carbocycles. The number of carbonyl (C=O) groups is 1. The smallest absolute Gasteiger partial charge is 0.341 e. The van der Waals surface area contributed by atoms with Crippen LogP contribution >= 0.6 is 0 Å². The van der Waals surface area contributed by atoms with E-state index in [2.05, 4.69) is 5.32 Å². The topological polar surface area (TPSA) is 58.6 Å². The molecule has 0 bridgehead atoms. The first-order chi connectivity index (χ1) is 8.50. The van der Waals surface area contributed by atoms with Crippen molar-refractivity contribution in [2.24, 2.45) is 0 Å². The second-order valence-corrected chi connectivity index (χ2v) is 4.30. The van der Waals surface area contributed by atoms with Crippen molar-refractivity contribution in [3.63, 3.8) is 0 Å². The molecule has 1 atom stereocenters. The number of halogens is 1. The van der Waals surface area contributed by atoms with Gasteiger partial charge in [-0.3, -0.25) is 0 Å². The van der Waals surface area contributed by atoms with E-state index in [0.717, 1.165) is 0 Å². The van der Waals surface area contributed by atoms with Gasteiger partial charge in [0.05, 0.1) is 5.56 Å².